The first kappa shape index (κ1) is 11.6. The summed E-state index contributed by atoms with van der Waals surface area (Å²) >= 11 is 0. The van der Waals surface area contributed by atoms with E-state index < -0.39 is 6.10 Å². The van der Waals surface area contributed by atoms with Crippen LogP contribution in [0.2, 0.25) is 0 Å². The van der Waals surface area contributed by atoms with Crippen LogP contribution in [0.3, 0.4) is 0 Å². The van der Waals surface area contributed by atoms with Gasteiger partial charge in [0.05, 0.1) is 6.20 Å². The third kappa shape index (κ3) is 5.09. The van der Waals surface area contributed by atoms with Gasteiger partial charge in [0, 0.05) is 25.5 Å². The van der Waals surface area contributed by atoms with Crippen molar-refractivity contribution in [1.29, 1.82) is 0 Å². The van der Waals surface area contributed by atoms with E-state index in [4.69, 9.17) is 4.74 Å². The number of hydrogen-bond acceptors (Lipinski definition) is 5. The summed E-state index contributed by atoms with van der Waals surface area (Å²) in [5, 5.41) is 12.5. The zero-order valence-electron chi connectivity index (χ0n) is 8.47. The van der Waals surface area contributed by atoms with Crippen LogP contribution in [-0.4, -0.2) is 40.9 Å². The Morgan fingerprint density at radius 1 is 1.60 bits per heavy atom. The number of nitrogens with zero attached hydrogens (tertiary/aromatic N) is 2. The summed E-state index contributed by atoms with van der Waals surface area (Å²) in [4.78, 5) is 7.75. The summed E-state index contributed by atoms with van der Waals surface area (Å²) in [6, 6.07) is 0. The van der Waals surface area contributed by atoms with Crippen LogP contribution >= 0.6 is 0 Å². The monoisotopic (exact) mass is 209 g/mol. The van der Waals surface area contributed by atoms with Gasteiger partial charge in [0.2, 0.25) is 5.88 Å². The zero-order chi connectivity index (χ0) is 10.9. The first-order valence-electron chi connectivity index (χ1n) is 4.71. The van der Waals surface area contributed by atoms with Crippen molar-refractivity contribution in [2.45, 2.75) is 6.10 Å². The van der Waals surface area contributed by atoms with E-state index in [1.54, 1.807) is 12.3 Å². The SMILES string of the molecule is C=CCNCC(O)COc1cnccn1. The van der Waals surface area contributed by atoms with E-state index in [0.717, 1.165) is 0 Å². The first-order chi connectivity index (χ1) is 7.33. The van der Waals surface area contributed by atoms with Crippen LogP contribution in [0.15, 0.2) is 31.2 Å². The van der Waals surface area contributed by atoms with Crippen molar-refractivity contribution in [3.8, 4) is 5.88 Å². The van der Waals surface area contributed by atoms with Crippen molar-refractivity contribution >= 4 is 0 Å². The lowest BCUT2D eigenvalue weighted by molar-refractivity contribution is 0.104. The summed E-state index contributed by atoms with van der Waals surface area (Å²) in [7, 11) is 0. The molecule has 15 heavy (non-hydrogen) atoms. The van der Waals surface area contributed by atoms with Crippen molar-refractivity contribution in [3.63, 3.8) is 0 Å². The van der Waals surface area contributed by atoms with Crippen LogP contribution in [0.5, 0.6) is 5.88 Å². The van der Waals surface area contributed by atoms with Crippen molar-refractivity contribution < 1.29 is 9.84 Å². The second-order valence-electron chi connectivity index (χ2n) is 2.96. The molecule has 1 aromatic heterocycles. The average Bonchev–Trinajstić information content (AvgIpc) is 2.28. The number of hydrogen-bond donors (Lipinski definition) is 2. The van der Waals surface area contributed by atoms with Gasteiger partial charge in [0.1, 0.15) is 12.7 Å². The normalized spacial score (nSPS) is 12.1. The third-order valence-electron chi connectivity index (χ3n) is 1.63. The van der Waals surface area contributed by atoms with Gasteiger partial charge in [0.25, 0.3) is 0 Å². The summed E-state index contributed by atoms with van der Waals surface area (Å²) in [6.07, 6.45) is 5.78. The van der Waals surface area contributed by atoms with Gasteiger partial charge in [-0.15, -0.1) is 6.58 Å². The summed E-state index contributed by atoms with van der Waals surface area (Å²) in [6.45, 7) is 4.89. The maximum Gasteiger partial charge on any atom is 0.232 e. The number of rotatable bonds is 7. The molecule has 0 saturated heterocycles. The Bertz CT molecular complexity index is 279. The lowest BCUT2D eigenvalue weighted by Crippen LogP contribution is -2.31. The Labute approximate surface area is 88.8 Å². The van der Waals surface area contributed by atoms with E-state index in [1.165, 1.54) is 12.4 Å². The number of ether oxygens (including phenoxy) is 1. The van der Waals surface area contributed by atoms with Gasteiger partial charge in [-0.1, -0.05) is 6.08 Å². The van der Waals surface area contributed by atoms with Crippen LogP contribution in [0.25, 0.3) is 0 Å². The summed E-state index contributed by atoms with van der Waals surface area (Å²) < 4.78 is 5.21. The van der Waals surface area contributed by atoms with Gasteiger partial charge in [-0.3, -0.25) is 4.98 Å². The van der Waals surface area contributed by atoms with Crippen molar-refractivity contribution in [1.82, 2.24) is 15.3 Å². The van der Waals surface area contributed by atoms with E-state index in [9.17, 15) is 5.11 Å². The molecular weight excluding hydrogens is 194 g/mol. The Balaban J connectivity index is 2.16. The van der Waals surface area contributed by atoms with Crippen LogP contribution in [0, 0.1) is 0 Å². The Morgan fingerprint density at radius 3 is 3.13 bits per heavy atom. The minimum Gasteiger partial charge on any atom is -0.474 e. The quantitative estimate of drug-likeness (QED) is 0.488. The highest BCUT2D eigenvalue weighted by molar-refractivity contribution is 5.01. The van der Waals surface area contributed by atoms with Crippen molar-refractivity contribution in [3.05, 3.63) is 31.2 Å². The van der Waals surface area contributed by atoms with Crippen molar-refractivity contribution in [2.24, 2.45) is 0 Å². The molecule has 1 unspecified atom stereocenters. The molecule has 1 rings (SSSR count). The zero-order valence-corrected chi connectivity index (χ0v) is 8.47. The topological polar surface area (TPSA) is 67.3 Å². The van der Waals surface area contributed by atoms with Crippen molar-refractivity contribution in [2.75, 3.05) is 19.7 Å². The molecule has 82 valence electrons. The molecule has 2 N–H and O–H groups in total. The fraction of sp³-hybridized carbons (Fsp3) is 0.400. The van der Waals surface area contributed by atoms with Crippen LogP contribution in [-0.2, 0) is 0 Å². The fourth-order valence-electron chi connectivity index (χ4n) is 0.952. The minimum atomic E-state index is -0.563. The number of aromatic nitrogens is 2. The molecule has 5 heteroatoms. The van der Waals surface area contributed by atoms with Crippen LogP contribution in [0.4, 0.5) is 0 Å². The van der Waals surface area contributed by atoms with E-state index in [0.29, 0.717) is 19.0 Å². The molecule has 0 aliphatic carbocycles. The molecule has 0 aliphatic rings. The van der Waals surface area contributed by atoms with Gasteiger partial charge in [-0.25, -0.2) is 4.98 Å². The Hall–Kier alpha value is -1.46. The molecule has 1 heterocycles. The van der Waals surface area contributed by atoms with E-state index >= 15 is 0 Å². The minimum absolute atomic E-state index is 0.197. The molecule has 5 nitrogen and oxygen atoms in total. The fourth-order valence-corrected chi connectivity index (χ4v) is 0.952. The molecule has 0 aliphatic heterocycles. The van der Waals surface area contributed by atoms with Gasteiger partial charge < -0.3 is 15.2 Å². The molecule has 0 fully saturated rings. The molecule has 0 amide bonds. The standard InChI is InChI=1S/C10H15N3O2/c1-2-3-11-6-9(14)8-15-10-7-12-4-5-13-10/h2,4-5,7,9,11,14H,1,3,6,8H2. The Kier molecular flexibility index (Phi) is 5.35. The van der Waals surface area contributed by atoms with Gasteiger partial charge in [-0.05, 0) is 0 Å². The number of nitrogens with one attached hydrogen (secondary N) is 1. The highest BCUT2D eigenvalue weighted by Crippen LogP contribution is 2.00. The van der Waals surface area contributed by atoms with E-state index in [-0.39, 0.29) is 6.61 Å². The third-order valence-corrected chi connectivity index (χ3v) is 1.63. The molecule has 0 radical (unpaired) electrons. The predicted molar refractivity (Wildman–Crippen MR) is 56.6 cm³/mol. The number of aliphatic hydroxyl groups excluding tert-OH is 1. The van der Waals surface area contributed by atoms with E-state index in [1.807, 2.05) is 0 Å². The maximum absolute atomic E-state index is 9.47. The summed E-state index contributed by atoms with van der Waals surface area (Å²) in [5.74, 6) is 0.417. The summed E-state index contributed by atoms with van der Waals surface area (Å²) in [5.41, 5.74) is 0. The molecule has 0 saturated carbocycles. The smallest absolute Gasteiger partial charge is 0.232 e. The highest BCUT2D eigenvalue weighted by Gasteiger charge is 2.04. The maximum atomic E-state index is 9.47. The molecule has 0 spiro atoms. The predicted octanol–water partition coefficient (Wildman–Crippen LogP) is -0.00810. The van der Waals surface area contributed by atoms with Gasteiger partial charge in [0.15, 0.2) is 0 Å². The second-order valence-corrected chi connectivity index (χ2v) is 2.96. The Morgan fingerprint density at radius 2 is 2.47 bits per heavy atom. The average molecular weight is 209 g/mol. The highest BCUT2D eigenvalue weighted by atomic mass is 16.5. The van der Waals surface area contributed by atoms with E-state index in [2.05, 4.69) is 21.9 Å². The van der Waals surface area contributed by atoms with Gasteiger partial charge in [-0.2, -0.15) is 0 Å². The number of aliphatic hydroxyl groups is 1. The lowest BCUT2D eigenvalue weighted by Gasteiger charge is -2.11. The van der Waals surface area contributed by atoms with Crippen LogP contribution in [0.1, 0.15) is 0 Å². The second kappa shape index (κ2) is 6.92. The lowest BCUT2D eigenvalue weighted by atomic mass is 10.4. The van der Waals surface area contributed by atoms with Gasteiger partial charge >= 0.3 is 0 Å². The molecular formula is C10H15N3O2. The molecule has 1 atom stereocenters. The van der Waals surface area contributed by atoms with Crippen LogP contribution < -0.4 is 10.1 Å². The molecule has 0 bridgehead atoms. The first-order valence-corrected chi connectivity index (χ1v) is 4.71. The molecule has 0 aromatic carbocycles. The molecule has 1 aromatic rings. The largest absolute Gasteiger partial charge is 0.474 e.